The van der Waals surface area contributed by atoms with Crippen molar-refractivity contribution in [2.75, 3.05) is 0 Å². The lowest BCUT2D eigenvalue weighted by molar-refractivity contribution is 0.794. The van der Waals surface area contributed by atoms with Crippen LogP contribution < -0.4 is 0 Å². The van der Waals surface area contributed by atoms with E-state index in [0.717, 1.165) is 0 Å². The number of allylic oxidation sites excluding steroid dienone is 4. The maximum Gasteiger partial charge on any atom is 0.0635 e. The summed E-state index contributed by atoms with van der Waals surface area (Å²) >= 11 is 0. The third kappa shape index (κ3) is 6.32. The monoisotopic (exact) mass is 416 g/mol. The molecule has 2 aromatic rings. The van der Waals surface area contributed by atoms with Gasteiger partial charge >= 0.3 is 0 Å². The zero-order valence-corrected chi connectivity index (χ0v) is 20.8. The quantitative estimate of drug-likeness (QED) is 0.312. The third-order valence-electron chi connectivity index (χ3n) is 6.51. The van der Waals surface area contributed by atoms with Crippen LogP contribution in [0.3, 0.4) is 0 Å². The van der Waals surface area contributed by atoms with Gasteiger partial charge in [-0.1, -0.05) is 111 Å². The van der Waals surface area contributed by atoms with E-state index >= 15 is 0 Å². The zero-order valence-electron chi connectivity index (χ0n) is 19.4. The Morgan fingerprint density at radius 1 is 0.700 bits per heavy atom. The van der Waals surface area contributed by atoms with Gasteiger partial charge < -0.3 is 0 Å². The van der Waals surface area contributed by atoms with E-state index in [4.69, 9.17) is 0 Å². The molecule has 0 heterocycles. The van der Waals surface area contributed by atoms with Crippen molar-refractivity contribution in [3.05, 3.63) is 93.7 Å². The fourth-order valence-electron chi connectivity index (χ4n) is 4.61. The van der Waals surface area contributed by atoms with Gasteiger partial charge in [0.25, 0.3) is 0 Å². The summed E-state index contributed by atoms with van der Waals surface area (Å²) in [5.41, 5.74) is 8.27. The minimum atomic E-state index is -0.402. The molecular weight excluding hydrogens is 376 g/mol. The number of rotatable bonds is 12. The van der Waals surface area contributed by atoms with Crippen molar-refractivity contribution >= 4 is 9.52 Å². The van der Waals surface area contributed by atoms with E-state index in [9.17, 15) is 0 Å². The average molecular weight is 417 g/mol. The number of aryl methyl sites for hydroxylation is 2. The van der Waals surface area contributed by atoms with E-state index in [1.807, 2.05) is 0 Å². The predicted octanol–water partition coefficient (Wildman–Crippen LogP) is 7.64. The molecule has 0 fully saturated rings. The van der Waals surface area contributed by atoms with Crippen molar-refractivity contribution in [2.24, 2.45) is 0 Å². The lowest BCUT2D eigenvalue weighted by Crippen LogP contribution is -2.13. The van der Waals surface area contributed by atoms with Gasteiger partial charge in [0.15, 0.2) is 0 Å². The van der Waals surface area contributed by atoms with Crippen LogP contribution in [0.2, 0.25) is 0 Å². The molecule has 0 amide bonds. The van der Waals surface area contributed by atoms with Crippen LogP contribution in [0.1, 0.15) is 93.5 Å². The van der Waals surface area contributed by atoms with Crippen molar-refractivity contribution in [2.45, 2.75) is 84.1 Å². The molecule has 0 saturated heterocycles. The highest BCUT2D eigenvalue weighted by Gasteiger charge is 2.20. The van der Waals surface area contributed by atoms with Crippen LogP contribution in [0.5, 0.6) is 0 Å². The van der Waals surface area contributed by atoms with Crippen molar-refractivity contribution in [3.8, 4) is 0 Å². The fraction of sp³-hybridized carbons (Fsp3) is 0.448. The average Bonchev–Trinajstić information content (AvgIpc) is 3.22. The molecule has 0 saturated carbocycles. The maximum atomic E-state index is 2.43. The first-order valence-corrected chi connectivity index (χ1v) is 13.8. The van der Waals surface area contributed by atoms with E-state index in [-0.39, 0.29) is 0 Å². The van der Waals surface area contributed by atoms with Gasteiger partial charge in [0.2, 0.25) is 0 Å². The number of unbranched alkanes of at least 4 members (excludes halogenated alkanes) is 2. The molecular formula is C29H40Si. The summed E-state index contributed by atoms with van der Waals surface area (Å²) in [5, 5.41) is 1.78. The zero-order chi connectivity index (χ0) is 21.2. The third-order valence-corrected chi connectivity index (χ3v) is 9.10. The van der Waals surface area contributed by atoms with E-state index in [1.165, 1.54) is 80.0 Å². The van der Waals surface area contributed by atoms with Crippen LogP contribution in [0.15, 0.2) is 71.5 Å². The van der Waals surface area contributed by atoms with E-state index < -0.39 is 9.52 Å². The second-order valence-electron chi connectivity index (χ2n) is 8.93. The Morgan fingerprint density at radius 2 is 1.23 bits per heavy atom. The summed E-state index contributed by atoms with van der Waals surface area (Å²) in [6.07, 6.45) is 16.0. The molecule has 0 bridgehead atoms. The summed E-state index contributed by atoms with van der Waals surface area (Å²) in [7, 11) is -0.402. The van der Waals surface area contributed by atoms with Crippen molar-refractivity contribution < 1.29 is 0 Å². The molecule has 1 heteroatoms. The molecule has 3 rings (SSSR count). The SMILES string of the molecule is CCCCc1ccc(C([SiH2]C2=C(CCC)C=CC2)c2ccc(CCCC)cc2)cc1. The molecule has 0 unspecified atom stereocenters. The summed E-state index contributed by atoms with van der Waals surface area (Å²) in [5.74, 6) is 0. The van der Waals surface area contributed by atoms with Crippen molar-refractivity contribution in [1.29, 1.82) is 0 Å². The molecule has 2 aromatic carbocycles. The second kappa shape index (κ2) is 12.1. The van der Waals surface area contributed by atoms with Crippen molar-refractivity contribution in [1.82, 2.24) is 0 Å². The topological polar surface area (TPSA) is 0 Å². The lowest BCUT2D eigenvalue weighted by Gasteiger charge is -2.20. The Morgan fingerprint density at radius 3 is 1.70 bits per heavy atom. The first kappa shape index (κ1) is 22.8. The van der Waals surface area contributed by atoms with Crippen LogP contribution in [0, 0.1) is 0 Å². The molecule has 0 atom stereocenters. The lowest BCUT2D eigenvalue weighted by atomic mass is 9.99. The first-order chi connectivity index (χ1) is 14.7. The number of hydrogen-bond donors (Lipinski definition) is 0. The molecule has 0 N–H and O–H groups in total. The van der Waals surface area contributed by atoms with Crippen molar-refractivity contribution in [3.63, 3.8) is 0 Å². The number of benzene rings is 2. The summed E-state index contributed by atoms with van der Waals surface area (Å²) in [6, 6.07) is 19.2. The van der Waals surface area contributed by atoms with Gasteiger partial charge in [0.05, 0.1) is 9.52 Å². The Hall–Kier alpha value is -1.86. The Balaban J connectivity index is 1.86. The highest BCUT2D eigenvalue weighted by Crippen LogP contribution is 2.31. The van der Waals surface area contributed by atoms with Crippen LogP contribution in [0.4, 0.5) is 0 Å². The minimum absolute atomic E-state index is 0.402. The molecule has 0 spiro atoms. The summed E-state index contributed by atoms with van der Waals surface area (Å²) in [6.45, 7) is 6.86. The van der Waals surface area contributed by atoms with Gasteiger partial charge in [-0.3, -0.25) is 0 Å². The van der Waals surface area contributed by atoms with Gasteiger partial charge in [-0.05, 0) is 60.8 Å². The molecule has 30 heavy (non-hydrogen) atoms. The second-order valence-corrected chi connectivity index (χ2v) is 11.0. The molecule has 0 aliphatic heterocycles. The van der Waals surface area contributed by atoms with Crippen LogP contribution in [-0.4, -0.2) is 9.52 Å². The van der Waals surface area contributed by atoms with Gasteiger partial charge in [-0.2, -0.15) is 0 Å². The maximum absolute atomic E-state index is 2.43. The molecule has 0 aromatic heterocycles. The highest BCUT2D eigenvalue weighted by atomic mass is 28.2. The highest BCUT2D eigenvalue weighted by molar-refractivity contribution is 6.48. The normalized spacial score (nSPS) is 14.0. The fourth-order valence-corrected chi connectivity index (χ4v) is 7.00. The number of hydrogen-bond acceptors (Lipinski definition) is 0. The molecule has 0 nitrogen and oxygen atoms in total. The van der Waals surface area contributed by atoms with E-state index in [0.29, 0.717) is 5.54 Å². The van der Waals surface area contributed by atoms with E-state index in [1.54, 1.807) is 10.8 Å². The Bertz CT molecular complexity index is 772. The van der Waals surface area contributed by atoms with Crippen LogP contribution in [-0.2, 0) is 12.8 Å². The van der Waals surface area contributed by atoms with Gasteiger partial charge in [0, 0.05) is 5.54 Å². The molecule has 160 valence electrons. The summed E-state index contributed by atoms with van der Waals surface area (Å²) in [4.78, 5) is 0. The van der Waals surface area contributed by atoms with Crippen LogP contribution >= 0.6 is 0 Å². The van der Waals surface area contributed by atoms with Gasteiger partial charge in [0.1, 0.15) is 0 Å². The van der Waals surface area contributed by atoms with Gasteiger partial charge in [-0.15, -0.1) is 0 Å². The first-order valence-electron chi connectivity index (χ1n) is 12.3. The smallest absolute Gasteiger partial charge is 0.0635 e. The molecule has 0 radical (unpaired) electrons. The van der Waals surface area contributed by atoms with E-state index in [2.05, 4.69) is 81.5 Å². The minimum Gasteiger partial charge on any atom is -0.0806 e. The molecule has 1 aliphatic rings. The van der Waals surface area contributed by atoms with Gasteiger partial charge in [-0.25, -0.2) is 0 Å². The molecule has 1 aliphatic carbocycles. The predicted molar refractivity (Wildman–Crippen MR) is 136 cm³/mol. The largest absolute Gasteiger partial charge is 0.0806 e. The Kier molecular flexibility index (Phi) is 9.20. The standard InChI is InChI=1S/C29H40Si/c1-4-7-11-23-15-19-26(20-16-23)29(30-28-14-9-13-25(28)10-6-3)27-21-17-24(18-22-27)12-8-5-2/h9,13,15-22,29H,4-8,10-12,14,30H2,1-3H3. The van der Waals surface area contributed by atoms with Crippen LogP contribution in [0.25, 0.3) is 0 Å². The Labute approximate surface area is 187 Å². The summed E-state index contributed by atoms with van der Waals surface area (Å²) < 4.78 is 0.